The first kappa shape index (κ1) is 16.9. The van der Waals surface area contributed by atoms with E-state index in [4.69, 9.17) is 0 Å². The zero-order valence-corrected chi connectivity index (χ0v) is 14.1. The van der Waals surface area contributed by atoms with Gasteiger partial charge in [-0.2, -0.15) is 4.31 Å². The Morgan fingerprint density at radius 1 is 1.21 bits per heavy atom. The molecule has 0 unspecified atom stereocenters. The minimum Gasteiger partial charge on any atom is -0.353 e. The van der Waals surface area contributed by atoms with Crippen LogP contribution in [0.25, 0.3) is 0 Å². The van der Waals surface area contributed by atoms with Gasteiger partial charge >= 0.3 is 5.69 Å². The summed E-state index contributed by atoms with van der Waals surface area (Å²) in [5.74, 6) is -0.555. The molecule has 1 aliphatic carbocycles. The van der Waals surface area contributed by atoms with Gasteiger partial charge in [-0.15, -0.1) is 0 Å². The minimum absolute atomic E-state index is 0.00620. The Hall–Kier alpha value is -1.94. The van der Waals surface area contributed by atoms with Crippen molar-refractivity contribution in [1.82, 2.24) is 19.6 Å². The lowest BCUT2D eigenvalue weighted by atomic mass is 9.99. The maximum Gasteiger partial charge on any atom is 0.325 e. The monoisotopic (exact) mass is 356 g/mol. The molecular formula is C14H20N4O5S. The smallest absolute Gasteiger partial charge is 0.325 e. The van der Waals surface area contributed by atoms with E-state index in [9.17, 15) is 22.8 Å². The van der Waals surface area contributed by atoms with Gasteiger partial charge in [0.15, 0.2) is 4.90 Å². The lowest BCUT2D eigenvalue weighted by molar-refractivity contribution is -0.126. The van der Waals surface area contributed by atoms with Gasteiger partial charge in [-0.3, -0.25) is 14.6 Å². The number of sulfonamides is 1. The molecule has 2 fully saturated rings. The highest BCUT2D eigenvalue weighted by atomic mass is 32.2. The van der Waals surface area contributed by atoms with E-state index in [2.05, 4.69) is 10.3 Å². The first-order valence-corrected chi connectivity index (χ1v) is 9.37. The van der Waals surface area contributed by atoms with Crippen LogP contribution < -0.4 is 16.6 Å². The van der Waals surface area contributed by atoms with Gasteiger partial charge in [0.2, 0.25) is 15.9 Å². The number of aromatic amines is 2. The number of carbonyl (C=O) groups excluding carboxylic acids is 1. The molecule has 0 bridgehead atoms. The van der Waals surface area contributed by atoms with Gasteiger partial charge in [-0.05, 0) is 32.6 Å². The molecule has 9 nitrogen and oxygen atoms in total. The number of aromatic nitrogens is 2. The average molecular weight is 356 g/mol. The SMILES string of the molecule is Cc1[nH]c(=O)[nH]c(=O)c1S(=O)(=O)N1CCC[C@H](C(=O)NC2CC2)C1. The van der Waals surface area contributed by atoms with Crippen molar-refractivity contribution in [3.05, 3.63) is 26.5 Å². The molecule has 3 rings (SSSR count). The molecule has 1 atom stereocenters. The maximum absolute atomic E-state index is 12.8. The molecule has 1 saturated heterocycles. The van der Waals surface area contributed by atoms with E-state index >= 15 is 0 Å². The summed E-state index contributed by atoms with van der Waals surface area (Å²) in [6.07, 6.45) is 3.09. The van der Waals surface area contributed by atoms with Crippen LogP contribution in [-0.2, 0) is 14.8 Å². The number of H-pyrrole nitrogens is 2. The van der Waals surface area contributed by atoms with Gasteiger partial charge in [0.25, 0.3) is 5.56 Å². The van der Waals surface area contributed by atoms with Crippen molar-refractivity contribution < 1.29 is 13.2 Å². The minimum atomic E-state index is -4.08. The molecule has 3 N–H and O–H groups in total. The standard InChI is InChI=1S/C14H20N4O5S/c1-8-11(13(20)17-14(21)15-8)24(22,23)18-6-2-3-9(7-18)12(19)16-10-4-5-10/h9-10H,2-7H2,1H3,(H,16,19)(H2,15,17,20,21)/t9-/m0/s1. The van der Waals surface area contributed by atoms with Gasteiger partial charge in [0.05, 0.1) is 5.92 Å². The summed E-state index contributed by atoms with van der Waals surface area (Å²) in [7, 11) is -4.08. The molecule has 1 aromatic heterocycles. The molecule has 1 aromatic rings. The predicted octanol–water partition coefficient (Wildman–Crippen LogP) is -0.949. The van der Waals surface area contributed by atoms with Crippen molar-refractivity contribution in [3.8, 4) is 0 Å². The number of amides is 1. The summed E-state index contributed by atoms with van der Waals surface area (Å²) in [4.78, 5) is 39.2. The van der Waals surface area contributed by atoms with Crippen LogP contribution in [0, 0.1) is 12.8 Å². The fourth-order valence-electron chi connectivity index (χ4n) is 2.95. The molecular weight excluding hydrogens is 336 g/mol. The third kappa shape index (κ3) is 3.29. The Bertz CT molecular complexity index is 868. The fourth-order valence-corrected chi connectivity index (χ4v) is 4.68. The zero-order valence-electron chi connectivity index (χ0n) is 13.3. The zero-order chi connectivity index (χ0) is 17.5. The van der Waals surface area contributed by atoms with Crippen LogP contribution in [-0.4, -0.2) is 47.7 Å². The summed E-state index contributed by atoms with van der Waals surface area (Å²) in [5, 5.41) is 2.89. The van der Waals surface area contributed by atoms with E-state index in [0.29, 0.717) is 12.8 Å². The molecule has 24 heavy (non-hydrogen) atoms. The van der Waals surface area contributed by atoms with E-state index in [0.717, 1.165) is 17.1 Å². The quantitative estimate of drug-likeness (QED) is 0.640. The Morgan fingerprint density at radius 3 is 2.54 bits per heavy atom. The Morgan fingerprint density at radius 2 is 1.92 bits per heavy atom. The Labute approximate surface area is 138 Å². The summed E-state index contributed by atoms with van der Waals surface area (Å²) >= 11 is 0. The van der Waals surface area contributed by atoms with E-state index in [1.54, 1.807) is 0 Å². The highest BCUT2D eigenvalue weighted by Crippen LogP contribution is 2.25. The van der Waals surface area contributed by atoms with Crippen molar-refractivity contribution in [1.29, 1.82) is 0 Å². The second kappa shape index (κ2) is 6.17. The highest BCUT2D eigenvalue weighted by Gasteiger charge is 2.37. The number of nitrogens with zero attached hydrogens (tertiary/aromatic N) is 1. The molecule has 0 aromatic carbocycles. The first-order valence-electron chi connectivity index (χ1n) is 7.93. The van der Waals surface area contributed by atoms with E-state index < -0.39 is 32.1 Å². The van der Waals surface area contributed by atoms with E-state index in [1.165, 1.54) is 6.92 Å². The van der Waals surface area contributed by atoms with E-state index in [1.807, 2.05) is 4.98 Å². The van der Waals surface area contributed by atoms with Gasteiger partial charge < -0.3 is 10.3 Å². The summed E-state index contributed by atoms with van der Waals surface area (Å²) in [5.41, 5.74) is -1.70. The number of aryl methyl sites for hydroxylation is 1. The normalized spacial score (nSPS) is 22.3. The van der Waals surface area contributed by atoms with Crippen molar-refractivity contribution >= 4 is 15.9 Å². The molecule has 10 heteroatoms. The third-order valence-corrected chi connectivity index (χ3v) is 6.37. The Kier molecular flexibility index (Phi) is 4.35. The van der Waals surface area contributed by atoms with Crippen LogP contribution in [0.4, 0.5) is 0 Å². The number of hydrogen-bond acceptors (Lipinski definition) is 5. The predicted molar refractivity (Wildman–Crippen MR) is 85.1 cm³/mol. The number of piperidine rings is 1. The summed E-state index contributed by atoms with van der Waals surface area (Å²) < 4.78 is 26.7. The molecule has 1 aliphatic heterocycles. The van der Waals surface area contributed by atoms with Gasteiger partial charge in [0, 0.05) is 24.8 Å². The van der Waals surface area contributed by atoms with Crippen LogP contribution in [0.1, 0.15) is 31.4 Å². The number of rotatable bonds is 4. The second-order valence-electron chi connectivity index (χ2n) is 6.35. The van der Waals surface area contributed by atoms with Crippen LogP contribution in [0.15, 0.2) is 14.5 Å². The fraction of sp³-hybridized carbons (Fsp3) is 0.643. The lowest BCUT2D eigenvalue weighted by Crippen LogP contribution is -2.47. The van der Waals surface area contributed by atoms with Gasteiger partial charge in [0.1, 0.15) is 0 Å². The molecule has 132 valence electrons. The van der Waals surface area contributed by atoms with Crippen molar-refractivity contribution in [3.63, 3.8) is 0 Å². The van der Waals surface area contributed by atoms with Crippen LogP contribution in [0.2, 0.25) is 0 Å². The summed E-state index contributed by atoms with van der Waals surface area (Å²) in [6.45, 7) is 1.65. The topological polar surface area (TPSA) is 132 Å². The Balaban J connectivity index is 1.85. The number of hydrogen-bond donors (Lipinski definition) is 3. The van der Waals surface area contributed by atoms with Crippen LogP contribution in [0.5, 0.6) is 0 Å². The average Bonchev–Trinajstić information content (AvgIpc) is 3.30. The van der Waals surface area contributed by atoms with Crippen LogP contribution in [0.3, 0.4) is 0 Å². The van der Waals surface area contributed by atoms with Crippen molar-refractivity contribution in [2.24, 2.45) is 5.92 Å². The number of nitrogens with one attached hydrogen (secondary N) is 3. The molecule has 0 radical (unpaired) electrons. The largest absolute Gasteiger partial charge is 0.353 e. The lowest BCUT2D eigenvalue weighted by Gasteiger charge is -2.31. The molecule has 2 aliphatic rings. The van der Waals surface area contributed by atoms with Crippen LogP contribution >= 0.6 is 0 Å². The van der Waals surface area contributed by atoms with Crippen molar-refractivity contribution in [2.75, 3.05) is 13.1 Å². The van der Waals surface area contributed by atoms with Gasteiger partial charge in [-0.25, -0.2) is 13.2 Å². The highest BCUT2D eigenvalue weighted by molar-refractivity contribution is 7.89. The third-order valence-electron chi connectivity index (χ3n) is 4.35. The number of carbonyl (C=O) groups is 1. The molecule has 0 spiro atoms. The van der Waals surface area contributed by atoms with Crippen molar-refractivity contribution in [2.45, 2.75) is 43.5 Å². The maximum atomic E-state index is 12.8. The molecule has 1 amide bonds. The molecule has 2 heterocycles. The molecule has 1 saturated carbocycles. The first-order chi connectivity index (χ1) is 11.3. The van der Waals surface area contributed by atoms with E-state index in [-0.39, 0.29) is 30.7 Å². The second-order valence-corrected chi connectivity index (χ2v) is 8.22. The summed E-state index contributed by atoms with van der Waals surface area (Å²) in [6, 6.07) is 0.216. The van der Waals surface area contributed by atoms with Gasteiger partial charge in [-0.1, -0.05) is 0 Å².